The largest absolute Gasteiger partial charge is 0.462 e. The van der Waals surface area contributed by atoms with Gasteiger partial charge in [-0.3, -0.25) is 4.79 Å². The number of hydrogen-bond donors (Lipinski definition) is 3. The number of carbonyl (C=O) groups excluding carboxylic acids is 1. The molecule has 1 aliphatic carbocycles. The van der Waals surface area contributed by atoms with E-state index in [9.17, 15) is 20.1 Å². The van der Waals surface area contributed by atoms with Crippen LogP contribution in [0.25, 0.3) is 0 Å². The molecule has 0 saturated carbocycles. The highest BCUT2D eigenvalue weighted by molar-refractivity contribution is 5.78. The van der Waals surface area contributed by atoms with Gasteiger partial charge in [0.25, 0.3) is 0 Å². The summed E-state index contributed by atoms with van der Waals surface area (Å²) in [5.41, 5.74) is 0.134. The van der Waals surface area contributed by atoms with Gasteiger partial charge in [0.15, 0.2) is 18.4 Å². The normalized spacial score (nSPS) is 49.1. The first-order chi connectivity index (χ1) is 29.5. The maximum atomic E-state index is 14.3. The molecule has 7 aliphatic rings. The van der Waals surface area contributed by atoms with Gasteiger partial charge >= 0.3 is 5.97 Å². The predicted octanol–water partition coefficient (Wildman–Crippen LogP) is 5.38. The average Bonchev–Trinajstić information content (AvgIpc) is 3.58. The molecule has 0 aromatic heterocycles. The fourth-order valence-corrected chi connectivity index (χ4v) is 10.6. The summed E-state index contributed by atoms with van der Waals surface area (Å²) in [4.78, 5) is 14.3. The van der Waals surface area contributed by atoms with Crippen molar-refractivity contribution in [2.24, 2.45) is 23.7 Å². The molecule has 14 nitrogen and oxygen atoms in total. The van der Waals surface area contributed by atoms with E-state index >= 15 is 0 Å². The molecule has 4 saturated heterocycles. The minimum absolute atomic E-state index is 0.0317. The van der Waals surface area contributed by atoms with Gasteiger partial charge in [0.2, 0.25) is 0 Å². The monoisotopic (exact) mass is 872 g/mol. The van der Waals surface area contributed by atoms with E-state index < -0.39 is 90.8 Å². The van der Waals surface area contributed by atoms with Crippen LogP contribution in [0.15, 0.2) is 59.3 Å². The standard InChI is InChI=1S/C48H72O14/c1-11-25(2)43-28(5)17-18-47(62-43)23-34-20-33(61-47)16-15-27(4)42(26(3)13-12-14-32-24-55-45-40(49)29(6)19-35(46(51)58-34)48(32,45)52)59-39-22-37(54-10)44(31(8)57-39)60-38-21-36(53-9)41(50)30(7)56-38/h12-15,17-19,25-26,28,30-31,33-45,49-50,52H,11,16,20-24H2,1-10H3/b13-12+,27-15+,32-14+/t25-,26-,28-,30-,31-,33+,34-,35+,36-,37-,38-,39-,40+,41+,42+,43-,44+,45?,47-,48-/m0/s1. The summed E-state index contributed by atoms with van der Waals surface area (Å²) in [6.07, 6.45) is 8.55. The van der Waals surface area contributed by atoms with E-state index in [-0.39, 0.29) is 42.7 Å². The first kappa shape index (κ1) is 47.6. The summed E-state index contributed by atoms with van der Waals surface area (Å²) in [6, 6.07) is 0. The molecule has 3 N–H and O–H groups in total. The molecular formula is C48H72O14. The van der Waals surface area contributed by atoms with Crippen LogP contribution in [-0.4, -0.2) is 139 Å². The van der Waals surface area contributed by atoms with Crippen LogP contribution >= 0.6 is 0 Å². The Labute approximate surface area is 367 Å². The zero-order chi connectivity index (χ0) is 44.7. The van der Waals surface area contributed by atoms with E-state index in [0.717, 1.165) is 12.0 Å². The van der Waals surface area contributed by atoms with Crippen molar-refractivity contribution >= 4 is 5.97 Å². The highest BCUT2D eigenvalue weighted by atomic mass is 16.7. The number of methoxy groups -OCH3 is 2. The quantitative estimate of drug-likeness (QED) is 0.210. The summed E-state index contributed by atoms with van der Waals surface area (Å²) in [7, 11) is 3.22. The first-order valence-corrected chi connectivity index (χ1v) is 22.9. The number of allylic oxidation sites excluding steroid dienone is 2. The van der Waals surface area contributed by atoms with Gasteiger partial charge in [-0.05, 0) is 62.8 Å². The van der Waals surface area contributed by atoms with E-state index in [4.69, 9.17) is 47.4 Å². The number of fused-ring (bicyclic) bond motifs is 2. The molecule has 1 unspecified atom stereocenters. The second-order valence-electron chi connectivity index (χ2n) is 19.0. The molecule has 7 rings (SSSR count). The van der Waals surface area contributed by atoms with Gasteiger partial charge in [-0.1, -0.05) is 70.6 Å². The second kappa shape index (κ2) is 19.7. The maximum absolute atomic E-state index is 14.3. The smallest absolute Gasteiger partial charge is 0.316 e. The highest BCUT2D eigenvalue weighted by Crippen LogP contribution is 2.47. The Morgan fingerprint density at radius 1 is 0.887 bits per heavy atom. The molecular weight excluding hydrogens is 801 g/mol. The lowest BCUT2D eigenvalue weighted by Gasteiger charge is -2.48. The van der Waals surface area contributed by atoms with Crippen LogP contribution in [0.5, 0.6) is 0 Å². The summed E-state index contributed by atoms with van der Waals surface area (Å²) in [5.74, 6) is -2.56. The van der Waals surface area contributed by atoms with Crippen molar-refractivity contribution in [1.82, 2.24) is 0 Å². The summed E-state index contributed by atoms with van der Waals surface area (Å²) < 4.78 is 63.7. The number of hydrogen-bond acceptors (Lipinski definition) is 14. The Morgan fingerprint density at radius 2 is 1.60 bits per heavy atom. The molecule has 62 heavy (non-hydrogen) atoms. The fraction of sp³-hybridized carbons (Fsp3) is 0.771. The third-order valence-corrected chi connectivity index (χ3v) is 14.5. The first-order valence-electron chi connectivity index (χ1n) is 22.9. The fourth-order valence-electron chi connectivity index (χ4n) is 10.6. The molecule has 14 heteroatoms. The Bertz CT molecular complexity index is 1730. The van der Waals surface area contributed by atoms with Crippen LogP contribution < -0.4 is 0 Å². The zero-order valence-electron chi connectivity index (χ0n) is 38.2. The number of aliphatic hydroxyl groups excluding tert-OH is 2. The number of carbonyl (C=O) groups is 1. The topological polar surface area (TPSA) is 170 Å². The lowest BCUT2D eigenvalue weighted by Crippen LogP contribution is -2.58. The Hall–Kier alpha value is -2.31. The van der Waals surface area contributed by atoms with Gasteiger partial charge in [-0.2, -0.15) is 0 Å². The third-order valence-electron chi connectivity index (χ3n) is 14.5. The Morgan fingerprint density at radius 3 is 2.32 bits per heavy atom. The van der Waals surface area contributed by atoms with Crippen molar-refractivity contribution in [2.75, 3.05) is 20.8 Å². The van der Waals surface area contributed by atoms with Gasteiger partial charge in [-0.25, -0.2) is 0 Å². The van der Waals surface area contributed by atoms with Crippen molar-refractivity contribution in [1.29, 1.82) is 0 Å². The molecule has 0 aromatic carbocycles. The molecule has 0 radical (unpaired) electrons. The Kier molecular flexibility index (Phi) is 15.1. The maximum Gasteiger partial charge on any atom is 0.316 e. The zero-order valence-corrected chi connectivity index (χ0v) is 38.2. The summed E-state index contributed by atoms with van der Waals surface area (Å²) in [5, 5.41) is 34.2. The van der Waals surface area contributed by atoms with Crippen molar-refractivity contribution in [3.8, 4) is 0 Å². The van der Waals surface area contributed by atoms with E-state index in [2.05, 4.69) is 39.8 Å². The molecule has 0 amide bonds. The third kappa shape index (κ3) is 9.64. The number of rotatable bonds is 8. The molecule has 1 spiro atoms. The van der Waals surface area contributed by atoms with Gasteiger partial charge in [0.05, 0.1) is 49.3 Å². The van der Waals surface area contributed by atoms with Crippen molar-refractivity contribution in [2.45, 2.75) is 191 Å². The molecule has 4 fully saturated rings. The molecule has 348 valence electrons. The van der Waals surface area contributed by atoms with Crippen LogP contribution in [0.2, 0.25) is 0 Å². The van der Waals surface area contributed by atoms with Gasteiger partial charge in [-0.15, -0.1) is 0 Å². The lowest BCUT2D eigenvalue weighted by atomic mass is 9.71. The average molecular weight is 873 g/mol. The van der Waals surface area contributed by atoms with Crippen LogP contribution in [0.3, 0.4) is 0 Å². The SMILES string of the molecule is CC[C@H](C)[C@@H]1O[C@@]2(C=C[C@@H]1C)C[C@@H]1C[C@@H](C/C=C(\C)[C@H](O[C@H]3C[C@H](OC)[C@H](O[C@H]4C[C@H](OC)[C@H](O)[C@H](C)O4)[C@H](C)O3)[C@@H](C)/C=C/C=C3\COC4[C@H](O)C(C)=C[C@H](C(=O)O1)[C@@]34O)O2. The van der Waals surface area contributed by atoms with Gasteiger partial charge in [0, 0.05) is 51.7 Å². The van der Waals surface area contributed by atoms with Gasteiger partial charge in [0.1, 0.15) is 42.0 Å². The van der Waals surface area contributed by atoms with Gasteiger partial charge < -0.3 is 62.7 Å². The van der Waals surface area contributed by atoms with E-state index in [1.165, 1.54) is 0 Å². The number of aliphatic hydroxyl groups is 3. The van der Waals surface area contributed by atoms with Crippen LogP contribution in [0.1, 0.15) is 93.9 Å². The molecule has 0 aromatic rings. The minimum Gasteiger partial charge on any atom is -0.462 e. The summed E-state index contributed by atoms with van der Waals surface area (Å²) in [6.45, 7) is 16.1. The molecule has 6 heterocycles. The van der Waals surface area contributed by atoms with Crippen LogP contribution in [0, 0.1) is 23.7 Å². The van der Waals surface area contributed by atoms with Crippen LogP contribution in [0.4, 0.5) is 0 Å². The van der Waals surface area contributed by atoms with Crippen molar-refractivity contribution in [3.05, 3.63) is 59.3 Å². The number of ether oxygens (including phenoxy) is 10. The van der Waals surface area contributed by atoms with E-state index in [1.807, 2.05) is 32.1 Å². The van der Waals surface area contributed by atoms with Crippen molar-refractivity contribution < 1.29 is 67.5 Å². The minimum atomic E-state index is -1.84. The molecule has 20 atom stereocenters. The van der Waals surface area contributed by atoms with Crippen molar-refractivity contribution in [3.63, 3.8) is 0 Å². The Balaban J connectivity index is 1.18. The lowest BCUT2D eigenvalue weighted by molar-refractivity contribution is -0.318. The van der Waals surface area contributed by atoms with E-state index in [1.54, 1.807) is 40.2 Å². The second-order valence-corrected chi connectivity index (χ2v) is 19.0. The van der Waals surface area contributed by atoms with Crippen LogP contribution in [-0.2, 0) is 52.2 Å². The number of esters is 1. The predicted molar refractivity (Wildman–Crippen MR) is 227 cm³/mol. The highest BCUT2D eigenvalue weighted by Gasteiger charge is 2.60. The van der Waals surface area contributed by atoms with E-state index in [0.29, 0.717) is 43.3 Å². The molecule has 2 bridgehead atoms. The molecule has 6 aliphatic heterocycles. The summed E-state index contributed by atoms with van der Waals surface area (Å²) >= 11 is 0.